The number of nitrogens with one attached hydrogen (secondary N) is 2. The van der Waals surface area contributed by atoms with Crippen molar-refractivity contribution in [3.05, 3.63) is 22.7 Å². The summed E-state index contributed by atoms with van der Waals surface area (Å²) in [7, 11) is 0. The lowest BCUT2D eigenvalue weighted by Crippen LogP contribution is -2.28. The second-order valence-corrected chi connectivity index (χ2v) is 5.87. The molecular formula is C15H20ClN3O. The summed E-state index contributed by atoms with van der Waals surface area (Å²) in [5.41, 5.74) is 2.91. The maximum absolute atomic E-state index is 12.1. The van der Waals surface area contributed by atoms with Gasteiger partial charge in [-0.2, -0.15) is 0 Å². The summed E-state index contributed by atoms with van der Waals surface area (Å²) in [6.07, 6.45) is 3.42. The van der Waals surface area contributed by atoms with E-state index in [9.17, 15) is 4.79 Å². The summed E-state index contributed by atoms with van der Waals surface area (Å²) in [6.45, 7) is 5.00. The highest BCUT2D eigenvalue weighted by molar-refractivity contribution is 6.33. The normalized spacial score (nSPS) is 21.2. The molecule has 3 rings (SSSR count). The molecule has 2 aliphatic heterocycles. The number of rotatable bonds is 4. The second kappa shape index (κ2) is 5.62. The first-order valence-corrected chi connectivity index (χ1v) is 7.71. The molecule has 1 amide bonds. The molecule has 1 atom stereocenters. The summed E-state index contributed by atoms with van der Waals surface area (Å²) in [4.78, 5) is 14.3. The summed E-state index contributed by atoms with van der Waals surface area (Å²) in [5, 5.41) is 6.97. The van der Waals surface area contributed by atoms with E-state index in [1.165, 1.54) is 12.8 Å². The zero-order valence-electron chi connectivity index (χ0n) is 11.7. The highest BCUT2D eigenvalue weighted by atomic mass is 35.5. The largest absolute Gasteiger partial charge is 0.370 e. The van der Waals surface area contributed by atoms with E-state index in [0.717, 1.165) is 48.0 Å². The Bertz CT molecular complexity index is 526. The third-order valence-corrected chi connectivity index (χ3v) is 4.30. The molecular weight excluding hydrogens is 274 g/mol. The average Bonchev–Trinajstić information content (AvgIpc) is 3.04. The van der Waals surface area contributed by atoms with Crippen LogP contribution in [0.4, 0.5) is 11.4 Å². The van der Waals surface area contributed by atoms with Crippen LogP contribution < -0.4 is 15.5 Å². The standard InChI is InChI=1S/C15H20ClN3O/c1-2-5-17-14-10-8-11(16)13(19-6-3-4-7-19)9-12(10)18-15(14)20/h8-9,14,17H,2-7H2,1H3,(H,18,20). The lowest BCUT2D eigenvalue weighted by atomic mass is 10.1. The Morgan fingerprint density at radius 2 is 2.15 bits per heavy atom. The quantitative estimate of drug-likeness (QED) is 0.897. The Labute approximate surface area is 124 Å². The number of anilines is 2. The number of halogens is 1. The first kappa shape index (κ1) is 13.7. The van der Waals surface area contributed by atoms with Crippen molar-refractivity contribution in [2.24, 2.45) is 0 Å². The highest BCUT2D eigenvalue weighted by Crippen LogP contribution is 2.39. The Morgan fingerprint density at radius 1 is 1.40 bits per heavy atom. The minimum Gasteiger partial charge on any atom is -0.370 e. The highest BCUT2D eigenvalue weighted by Gasteiger charge is 2.31. The fourth-order valence-corrected chi connectivity index (χ4v) is 3.25. The Morgan fingerprint density at radius 3 is 2.85 bits per heavy atom. The molecule has 108 valence electrons. The molecule has 0 spiro atoms. The number of nitrogens with zero attached hydrogens (tertiary/aromatic N) is 1. The van der Waals surface area contributed by atoms with E-state index < -0.39 is 0 Å². The van der Waals surface area contributed by atoms with Crippen molar-refractivity contribution >= 4 is 28.9 Å². The van der Waals surface area contributed by atoms with Gasteiger partial charge in [-0.05, 0) is 37.9 Å². The van der Waals surface area contributed by atoms with E-state index >= 15 is 0 Å². The molecule has 2 aliphatic rings. The Kier molecular flexibility index (Phi) is 3.85. The predicted molar refractivity (Wildman–Crippen MR) is 82.6 cm³/mol. The van der Waals surface area contributed by atoms with Crippen LogP contribution in [0, 0.1) is 0 Å². The predicted octanol–water partition coefficient (Wildman–Crippen LogP) is 2.93. The van der Waals surface area contributed by atoms with Crippen molar-refractivity contribution < 1.29 is 4.79 Å². The molecule has 5 heteroatoms. The third kappa shape index (κ3) is 2.38. The van der Waals surface area contributed by atoms with Gasteiger partial charge in [0.25, 0.3) is 0 Å². The molecule has 0 bridgehead atoms. The van der Waals surface area contributed by atoms with Gasteiger partial charge < -0.3 is 15.5 Å². The van der Waals surface area contributed by atoms with Crippen LogP contribution in [0.1, 0.15) is 37.8 Å². The number of carbonyl (C=O) groups excluding carboxylic acids is 1. The molecule has 0 aromatic heterocycles. The van der Waals surface area contributed by atoms with E-state index in [0.29, 0.717) is 0 Å². The van der Waals surface area contributed by atoms with Crippen molar-refractivity contribution in [2.75, 3.05) is 29.9 Å². The van der Waals surface area contributed by atoms with Crippen LogP contribution in [0.25, 0.3) is 0 Å². The summed E-state index contributed by atoms with van der Waals surface area (Å²) in [6, 6.07) is 3.69. The molecule has 2 heterocycles. The lowest BCUT2D eigenvalue weighted by molar-refractivity contribution is -0.117. The average molecular weight is 294 g/mol. The molecule has 20 heavy (non-hydrogen) atoms. The van der Waals surface area contributed by atoms with Crippen LogP contribution in [0.15, 0.2) is 12.1 Å². The maximum Gasteiger partial charge on any atom is 0.246 e. The van der Waals surface area contributed by atoms with Crippen LogP contribution in [0.3, 0.4) is 0 Å². The van der Waals surface area contributed by atoms with Gasteiger partial charge in [0.1, 0.15) is 6.04 Å². The van der Waals surface area contributed by atoms with Crippen molar-refractivity contribution in [3.63, 3.8) is 0 Å². The van der Waals surface area contributed by atoms with Gasteiger partial charge in [0, 0.05) is 24.3 Å². The SMILES string of the molecule is CCCNC1C(=O)Nc2cc(N3CCCC3)c(Cl)cc21. The Balaban J connectivity index is 1.90. The smallest absolute Gasteiger partial charge is 0.246 e. The molecule has 0 aliphatic carbocycles. The number of carbonyl (C=O) groups is 1. The number of hydrogen-bond acceptors (Lipinski definition) is 3. The maximum atomic E-state index is 12.1. The van der Waals surface area contributed by atoms with Gasteiger partial charge in [0.15, 0.2) is 0 Å². The first-order chi connectivity index (χ1) is 9.70. The molecule has 2 N–H and O–H groups in total. The molecule has 1 saturated heterocycles. The van der Waals surface area contributed by atoms with E-state index in [1.807, 2.05) is 12.1 Å². The minimum atomic E-state index is -0.268. The van der Waals surface area contributed by atoms with Gasteiger partial charge in [-0.15, -0.1) is 0 Å². The second-order valence-electron chi connectivity index (χ2n) is 5.46. The van der Waals surface area contributed by atoms with Gasteiger partial charge in [0.05, 0.1) is 10.7 Å². The Hall–Kier alpha value is -1.26. The van der Waals surface area contributed by atoms with E-state index in [1.54, 1.807) is 0 Å². The fraction of sp³-hybridized carbons (Fsp3) is 0.533. The van der Waals surface area contributed by atoms with Gasteiger partial charge in [-0.25, -0.2) is 0 Å². The van der Waals surface area contributed by atoms with E-state index in [2.05, 4.69) is 22.5 Å². The number of fused-ring (bicyclic) bond motifs is 1. The zero-order chi connectivity index (χ0) is 14.1. The summed E-state index contributed by atoms with van der Waals surface area (Å²) >= 11 is 6.43. The first-order valence-electron chi connectivity index (χ1n) is 7.33. The van der Waals surface area contributed by atoms with Crippen LogP contribution in [0.5, 0.6) is 0 Å². The molecule has 1 aromatic carbocycles. The van der Waals surface area contributed by atoms with E-state index in [4.69, 9.17) is 11.6 Å². The minimum absolute atomic E-state index is 0.0167. The van der Waals surface area contributed by atoms with Crippen LogP contribution >= 0.6 is 11.6 Å². The van der Waals surface area contributed by atoms with Crippen molar-refractivity contribution in [2.45, 2.75) is 32.2 Å². The molecule has 1 aromatic rings. The van der Waals surface area contributed by atoms with Crippen molar-refractivity contribution in [3.8, 4) is 0 Å². The van der Waals surface area contributed by atoms with Crippen LogP contribution in [0.2, 0.25) is 5.02 Å². The molecule has 0 saturated carbocycles. The lowest BCUT2D eigenvalue weighted by Gasteiger charge is -2.20. The third-order valence-electron chi connectivity index (χ3n) is 4.00. The molecule has 1 unspecified atom stereocenters. The molecule has 4 nitrogen and oxygen atoms in total. The number of benzene rings is 1. The fourth-order valence-electron chi connectivity index (χ4n) is 2.96. The number of hydrogen-bond donors (Lipinski definition) is 2. The van der Waals surface area contributed by atoms with Gasteiger partial charge >= 0.3 is 0 Å². The van der Waals surface area contributed by atoms with Gasteiger partial charge in [0.2, 0.25) is 5.91 Å². The van der Waals surface area contributed by atoms with Gasteiger partial charge in [-0.1, -0.05) is 18.5 Å². The van der Waals surface area contributed by atoms with Crippen molar-refractivity contribution in [1.82, 2.24) is 5.32 Å². The molecule has 1 fully saturated rings. The number of amides is 1. The topological polar surface area (TPSA) is 44.4 Å². The summed E-state index contributed by atoms with van der Waals surface area (Å²) < 4.78 is 0. The summed E-state index contributed by atoms with van der Waals surface area (Å²) in [5.74, 6) is 0.0167. The monoisotopic (exact) mass is 293 g/mol. The van der Waals surface area contributed by atoms with Gasteiger partial charge in [-0.3, -0.25) is 4.79 Å². The molecule has 0 radical (unpaired) electrons. The van der Waals surface area contributed by atoms with Crippen molar-refractivity contribution in [1.29, 1.82) is 0 Å². The van der Waals surface area contributed by atoms with Crippen LogP contribution in [-0.2, 0) is 4.79 Å². The zero-order valence-corrected chi connectivity index (χ0v) is 12.5. The van der Waals surface area contributed by atoms with E-state index in [-0.39, 0.29) is 11.9 Å². The van der Waals surface area contributed by atoms with Crippen LogP contribution in [-0.4, -0.2) is 25.5 Å².